The van der Waals surface area contributed by atoms with Crippen molar-refractivity contribution in [3.8, 4) is 17.2 Å². The summed E-state index contributed by atoms with van der Waals surface area (Å²) in [7, 11) is -3.89. The molecule has 2 N–H and O–H groups in total. The van der Waals surface area contributed by atoms with Crippen LogP contribution in [0.25, 0.3) is 22.2 Å². The van der Waals surface area contributed by atoms with E-state index in [1.807, 2.05) is 13.8 Å². The Morgan fingerprint density at radius 1 is 1.05 bits per heavy atom. The van der Waals surface area contributed by atoms with Crippen LogP contribution < -0.4 is 10.6 Å². The van der Waals surface area contributed by atoms with Crippen molar-refractivity contribution in [1.82, 2.24) is 14.3 Å². The number of aromatic nitrogens is 2. The summed E-state index contributed by atoms with van der Waals surface area (Å²) in [5.74, 6) is -0.333. The molecule has 0 saturated heterocycles. The fraction of sp³-hybridized carbons (Fsp3) is 0.290. The van der Waals surface area contributed by atoms with Gasteiger partial charge in [0.1, 0.15) is 11.6 Å². The second-order valence-electron chi connectivity index (χ2n) is 11.2. The van der Waals surface area contributed by atoms with Gasteiger partial charge in [0.05, 0.1) is 16.5 Å². The summed E-state index contributed by atoms with van der Waals surface area (Å²) in [5.41, 5.74) is 1.30. The number of hydrogen-bond acceptors (Lipinski definition) is 7. The first kappa shape index (κ1) is 30.3. The van der Waals surface area contributed by atoms with Crippen LogP contribution in [0.15, 0.2) is 78.0 Å². The molecular weight excluding hydrogens is 554 g/mol. The summed E-state index contributed by atoms with van der Waals surface area (Å²) >= 11 is 0. The molecule has 2 amide bonds. The predicted molar refractivity (Wildman–Crippen MR) is 160 cm³/mol. The summed E-state index contributed by atoms with van der Waals surface area (Å²) < 4.78 is 33.0. The molecule has 4 rings (SSSR count). The lowest BCUT2D eigenvalue weighted by Crippen LogP contribution is -2.46. The zero-order valence-electron chi connectivity index (χ0n) is 24.1. The van der Waals surface area contributed by atoms with Crippen LogP contribution >= 0.6 is 0 Å². The summed E-state index contributed by atoms with van der Waals surface area (Å²) in [4.78, 5) is 30.0. The van der Waals surface area contributed by atoms with Crippen molar-refractivity contribution in [2.24, 2.45) is 5.92 Å². The van der Waals surface area contributed by atoms with Crippen molar-refractivity contribution in [2.75, 3.05) is 5.32 Å². The topological polar surface area (TPSA) is 143 Å². The highest BCUT2D eigenvalue weighted by molar-refractivity contribution is 7.90. The van der Waals surface area contributed by atoms with Gasteiger partial charge in [-0.3, -0.25) is 4.79 Å². The van der Waals surface area contributed by atoms with Crippen LogP contribution in [0.1, 0.15) is 46.6 Å². The Morgan fingerprint density at radius 3 is 2.40 bits per heavy atom. The molecule has 0 aliphatic heterocycles. The Balaban J connectivity index is 1.64. The molecular formula is C31H33N5O5S. The number of hydrogen-bond donors (Lipinski definition) is 2. The van der Waals surface area contributed by atoms with Gasteiger partial charge in [-0.05, 0) is 75.1 Å². The van der Waals surface area contributed by atoms with Crippen molar-refractivity contribution in [2.45, 2.75) is 57.6 Å². The number of nitrogens with one attached hydrogen (secondary N) is 2. The van der Waals surface area contributed by atoms with Gasteiger partial charge in [-0.15, -0.1) is 0 Å². The van der Waals surface area contributed by atoms with E-state index in [2.05, 4.69) is 21.7 Å². The van der Waals surface area contributed by atoms with Gasteiger partial charge in [-0.1, -0.05) is 38.1 Å². The first-order valence-electron chi connectivity index (χ1n) is 13.4. The number of nitrogens with zero attached hydrogens (tertiary/aromatic N) is 3. The van der Waals surface area contributed by atoms with Crippen LogP contribution in [-0.2, 0) is 19.6 Å². The average molecular weight is 588 g/mol. The first-order chi connectivity index (χ1) is 19.8. The molecule has 0 aliphatic rings. The van der Waals surface area contributed by atoms with E-state index in [1.54, 1.807) is 63.2 Å². The normalized spacial score (nSPS) is 12.5. The maximum absolute atomic E-state index is 13.3. The molecule has 0 radical (unpaired) electrons. The largest absolute Gasteiger partial charge is 0.444 e. The van der Waals surface area contributed by atoms with Gasteiger partial charge < -0.3 is 15.4 Å². The molecule has 1 atom stereocenters. The van der Waals surface area contributed by atoms with Crippen LogP contribution in [0, 0.1) is 17.2 Å². The van der Waals surface area contributed by atoms with Crippen molar-refractivity contribution >= 4 is 38.7 Å². The number of carbonyl (C=O) groups is 2. The third kappa shape index (κ3) is 6.78. The molecule has 2 aromatic carbocycles. The molecule has 0 fully saturated rings. The zero-order valence-corrected chi connectivity index (χ0v) is 24.9. The van der Waals surface area contributed by atoms with Crippen LogP contribution in [-0.4, -0.2) is 41.0 Å². The molecule has 4 aromatic rings. The number of rotatable bonds is 8. The number of fused-ring (bicyclic) bond motifs is 1. The van der Waals surface area contributed by atoms with Crippen molar-refractivity contribution in [3.63, 3.8) is 0 Å². The van der Waals surface area contributed by atoms with E-state index in [4.69, 9.17) is 4.74 Å². The van der Waals surface area contributed by atoms with Crippen LogP contribution in [0.5, 0.6) is 0 Å². The quantitative estimate of drug-likeness (QED) is 0.270. The molecule has 2 aromatic heterocycles. The number of anilines is 1. The van der Waals surface area contributed by atoms with Gasteiger partial charge in [-0.25, -0.2) is 22.2 Å². The van der Waals surface area contributed by atoms with E-state index >= 15 is 0 Å². The van der Waals surface area contributed by atoms with Crippen molar-refractivity contribution in [1.29, 1.82) is 5.26 Å². The molecule has 0 unspecified atom stereocenters. The number of pyridine rings is 1. The van der Waals surface area contributed by atoms with Crippen molar-refractivity contribution < 1.29 is 22.7 Å². The minimum Gasteiger partial charge on any atom is -0.444 e. The van der Waals surface area contributed by atoms with E-state index in [1.165, 1.54) is 30.6 Å². The molecule has 0 saturated carbocycles. The highest BCUT2D eigenvalue weighted by Gasteiger charge is 2.26. The summed E-state index contributed by atoms with van der Waals surface area (Å²) in [5, 5.41) is 16.0. The van der Waals surface area contributed by atoms with Crippen LogP contribution in [0.4, 0.5) is 10.5 Å². The fourth-order valence-corrected chi connectivity index (χ4v) is 5.80. The van der Waals surface area contributed by atoms with E-state index in [0.717, 1.165) is 3.97 Å². The molecule has 42 heavy (non-hydrogen) atoms. The molecule has 218 valence electrons. The summed E-state index contributed by atoms with van der Waals surface area (Å²) in [6.07, 6.45) is 2.62. The molecule has 10 nitrogen and oxygen atoms in total. The van der Waals surface area contributed by atoms with E-state index in [-0.39, 0.29) is 22.0 Å². The number of nitriles is 1. The predicted octanol–water partition coefficient (Wildman–Crippen LogP) is 5.69. The molecule has 11 heteroatoms. The third-order valence-corrected chi connectivity index (χ3v) is 7.95. The molecule has 0 aliphatic carbocycles. The number of alkyl carbamates (subject to hydrolysis) is 1. The Morgan fingerprint density at radius 2 is 1.76 bits per heavy atom. The highest BCUT2D eigenvalue weighted by atomic mass is 32.2. The minimum atomic E-state index is -3.89. The van der Waals surface area contributed by atoms with Crippen LogP contribution in [0.3, 0.4) is 0 Å². The Labute approximate surface area is 245 Å². The summed E-state index contributed by atoms with van der Waals surface area (Å²) in [6.45, 7) is 9.09. The molecule has 0 bridgehead atoms. The van der Waals surface area contributed by atoms with E-state index in [9.17, 15) is 23.3 Å². The van der Waals surface area contributed by atoms with Gasteiger partial charge in [0, 0.05) is 29.0 Å². The second-order valence-corrected chi connectivity index (χ2v) is 13.0. The molecule has 2 heterocycles. The number of amides is 2. The lowest BCUT2D eigenvalue weighted by atomic mass is 9.98. The third-order valence-electron chi connectivity index (χ3n) is 6.27. The van der Waals surface area contributed by atoms with E-state index in [0.29, 0.717) is 28.6 Å². The Hall–Kier alpha value is -4.69. The number of benzene rings is 2. The standard InChI is InChI=1S/C31H33N5O5S/c1-20(2)17-27(35-30(38)41-31(3,4)5)29(37)34-22-11-12-24(21(18-22)19-32)25-13-15-33-28-26(25)14-16-36(28)42(39,40)23-9-7-6-8-10-23/h6-16,18,20,27H,17H2,1-5H3,(H,34,37)(H,35,38)/t27-/m1/s1. The van der Waals surface area contributed by atoms with Gasteiger partial charge in [0.2, 0.25) is 5.91 Å². The van der Waals surface area contributed by atoms with Gasteiger partial charge in [0.15, 0.2) is 5.65 Å². The van der Waals surface area contributed by atoms with Gasteiger partial charge in [0.25, 0.3) is 10.0 Å². The Kier molecular flexibility index (Phi) is 8.68. The lowest BCUT2D eigenvalue weighted by molar-refractivity contribution is -0.118. The first-order valence-corrected chi connectivity index (χ1v) is 14.9. The SMILES string of the molecule is CC(C)C[C@@H](NC(=O)OC(C)(C)C)C(=O)Nc1ccc(-c2ccnc3c2ccn3S(=O)(=O)c2ccccc2)c(C#N)c1. The fourth-order valence-electron chi connectivity index (χ4n) is 4.48. The maximum atomic E-state index is 13.3. The Bertz CT molecular complexity index is 1770. The van der Waals surface area contributed by atoms with Crippen LogP contribution in [0.2, 0.25) is 0 Å². The summed E-state index contributed by atoms with van der Waals surface area (Å²) in [6, 6.07) is 17.6. The average Bonchev–Trinajstić information content (AvgIpc) is 3.37. The highest BCUT2D eigenvalue weighted by Crippen LogP contribution is 2.33. The van der Waals surface area contributed by atoms with Crippen molar-refractivity contribution in [3.05, 3.63) is 78.6 Å². The lowest BCUT2D eigenvalue weighted by Gasteiger charge is -2.24. The van der Waals surface area contributed by atoms with E-state index < -0.39 is 33.7 Å². The van der Waals surface area contributed by atoms with Gasteiger partial charge >= 0.3 is 6.09 Å². The number of ether oxygens (including phenoxy) is 1. The monoisotopic (exact) mass is 587 g/mol. The smallest absolute Gasteiger partial charge is 0.408 e. The minimum absolute atomic E-state index is 0.111. The zero-order chi connectivity index (χ0) is 30.7. The number of carbonyl (C=O) groups excluding carboxylic acids is 2. The van der Waals surface area contributed by atoms with Gasteiger partial charge in [-0.2, -0.15) is 5.26 Å². The molecule has 0 spiro atoms. The maximum Gasteiger partial charge on any atom is 0.408 e. The second kappa shape index (κ2) is 12.0.